The molecule has 2 rings (SSSR count). The molecule has 0 radical (unpaired) electrons. The van der Waals surface area contributed by atoms with Crippen molar-refractivity contribution in [2.45, 2.75) is 6.42 Å². The maximum atomic E-state index is 12.1. The number of carbonyl (C=O) groups is 2. The summed E-state index contributed by atoms with van der Waals surface area (Å²) in [7, 11) is 0. The molecule has 1 aliphatic heterocycles. The zero-order chi connectivity index (χ0) is 15.4. The van der Waals surface area contributed by atoms with Gasteiger partial charge in [-0.15, -0.1) is 0 Å². The Kier molecular flexibility index (Phi) is 4.53. The number of carboxylic acids is 1. The lowest BCUT2D eigenvalue weighted by Crippen LogP contribution is -2.49. The lowest BCUT2D eigenvalue weighted by Gasteiger charge is -2.33. The van der Waals surface area contributed by atoms with E-state index < -0.39 is 16.8 Å². The molecule has 9 heteroatoms. The minimum atomic E-state index is -0.851. The Hall–Kier alpha value is -2.42. The van der Waals surface area contributed by atoms with Gasteiger partial charge in [0.2, 0.25) is 0 Å². The van der Waals surface area contributed by atoms with Crippen LogP contribution >= 0.6 is 0 Å². The van der Waals surface area contributed by atoms with Crippen LogP contribution in [-0.2, 0) is 4.79 Å². The number of hydrogen-bond acceptors (Lipinski definition) is 6. The van der Waals surface area contributed by atoms with Gasteiger partial charge in [-0.2, -0.15) is 0 Å². The number of carbonyl (C=O) groups excluding carboxylic acids is 1. The van der Waals surface area contributed by atoms with E-state index in [1.54, 1.807) is 4.90 Å². The van der Waals surface area contributed by atoms with Gasteiger partial charge in [-0.05, 0) is 6.07 Å². The first-order chi connectivity index (χ1) is 9.97. The van der Waals surface area contributed by atoms with Crippen LogP contribution in [0.5, 0.6) is 0 Å². The molecule has 0 spiro atoms. The summed E-state index contributed by atoms with van der Waals surface area (Å²) < 4.78 is 4.88. The van der Waals surface area contributed by atoms with Gasteiger partial charge in [0.1, 0.15) is 4.92 Å². The van der Waals surface area contributed by atoms with Gasteiger partial charge in [-0.1, -0.05) is 0 Å². The fourth-order valence-corrected chi connectivity index (χ4v) is 2.12. The summed E-state index contributed by atoms with van der Waals surface area (Å²) in [4.78, 5) is 35.9. The highest BCUT2D eigenvalue weighted by Crippen LogP contribution is 2.18. The molecule has 2 heterocycles. The molecule has 0 aromatic carbocycles. The molecule has 1 saturated heterocycles. The Bertz CT molecular complexity index is 547. The van der Waals surface area contributed by atoms with Crippen LogP contribution in [0.3, 0.4) is 0 Å². The minimum absolute atomic E-state index is 0.0549. The lowest BCUT2D eigenvalue weighted by molar-refractivity contribution is -0.402. The van der Waals surface area contributed by atoms with Gasteiger partial charge in [-0.3, -0.25) is 24.6 Å². The molecule has 1 aromatic heterocycles. The standard InChI is InChI=1S/C12H15N3O6/c16-11(17)3-4-13-5-7-14(8-6-13)12(18)9-1-2-10(21-9)15(19)20/h1-2H,3-8H2,(H,16,17). The number of carboxylic acid groups (broad SMARTS) is 1. The number of piperazine rings is 1. The summed E-state index contributed by atoms with van der Waals surface area (Å²) in [6.45, 7) is 2.47. The topological polar surface area (TPSA) is 117 Å². The normalized spacial score (nSPS) is 15.9. The first-order valence-corrected chi connectivity index (χ1v) is 6.45. The average molecular weight is 297 g/mol. The van der Waals surface area contributed by atoms with Crippen LogP contribution < -0.4 is 0 Å². The molecule has 0 aliphatic carbocycles. The molecule has 9 nitrogen and oxygen atoms in total. The highest BCUT2D eigenvalue weighted by Gasteiger charge is 2.25. The van der Waals surface area contributed by atoms with E-state index in [0.717, 1.165) is 6.07 Å². The van der Waals surface area contributed by atoms with Crippen LogP contribution in [0.4, 0.5) is 5.88 Å². The van der Waals surface area contributed by atoms with Crippen molar-refractivity contribution >= 4 is 17.8 Å². The van der Waals surface area contributed by atoms with Gasteiger partial charge >= 0.3 is 11.9 Å². The van der Waals surface area contributed by atoms with Crippen molar-refractivity contribution in [1.29, 1.82) is 0 Å². The summed E-state index contributed by atoms with van der Waals surface area (Å²) in [5, 5.41) is 19.1. The molecule has 114 valence electrons. The summed E-state index contributed by atoms with van der Waals surface area (Å²) in [5.74, 6) is -1.75. The van der Waals surface area contributed by atoms with Crippen LogP contribution in [0, 0.1) is 10.1 Å². The molecule has 0 atom stereocenters. The van der Waals surface area contributed by atoms with E-state index >= 15 is 0 Å². The largest absolute Gasteiger partial charge is 0.481 e. The second-order valence-corrected chi connectivity index (χ2v) is 4.67. The number of aliphatic carboxylic acids is 1. The van der Waals surface area contributed by atoms with E-state index in [-0.39, 0.29) is 18.1 Å². The molecule has 1 N–H and O–H groups in total. The van der Waals surface area contributed by atoms with Crippen molar-refractivity contribution < 1.29 is 24.0 Å². The molecular formula is C12H15N3O6. The Morgan fingerprint density at radius 3 is 2.48 bits per heavy atom. The molecule has 0 unspecified atom stereocenters. The highest BCUT2D eigenvalue weighted by molar-refractivity contribution is 5.91. The number of furan rings is 1. The Labute approximate surface area is 119 Å². The first-order valence-electron chi connectivity index (χ1n) is 6.45. The second-order valence-electron chi connectivity index (χ2n) is 4.67. The van der Waals surface area contributed by atoms with Crippen molar-refractivity contribution in [2.24, 2.45) is 0 Å². The zero-order valence-corrected chi connectivity index (χ0v) is 11.2. The van der Waals surface area contributed by atoms with Crippen molar-refractivity contribution in [3.8, 4) is 0 Å². The minimum Gasteiger partial charge on any atom is -0.481 e. The molecule has 0 bridgehead atoms. The molecule has 1 fully saturated rings. The molecule has 1 amide bonds. The van der Waals surface area contributed by atoms with Gasteiger partial charge in [0.25, 0.3) is 5.91 Å². The van der Waals surface area contributed by atoms with E-state index in [0.29, 0.717) is 32.7 Å². The van der Waals surface area contributed by atoms with E-state index in [1.807, 2.05) is 4.90 Å². The Balaban J connectivity index is 1.87. The van der Waals surface area contributed by atoms with Crippen LogP contribution in [0.25, 0.3) is 0 Å². The van der Waals surface area contributed by atoms with E-state index in [4.69, 9.17) is 9.52 Å². The second kappa shape index (κ2) is 6.35. The van der Waals surface area contributed by atoms with Gasteiger partial charge in [0.15, 0.2) is 5.76 Å². The molecular weight excluding hydrogens is 282 g/mol. The zero-order valence-electron chi connectivity index (χ0n) is 11.2. The predicted molar refractivity (Wildman–Crippen MR) is 70.0 cm³/mol. The van der Waals surface area contributed by atoms with Gasteiger partial charge < -0.3 is 14.4 Å². The van der Waals surface area contributed by atoms with Crippen molar-refractivity contribution in [2.75, 3.05) is 32.7 Å². The van der Waals surface area contributed by atoms with Crippen molar-refractivity contribution in [3.63, 3.8) is 0 Å². The van der Waals surface area contributed by atoms with Gasteiger partial charge in [0.05, 0.1) is 12.5 Å². The van der Waals surface area contributed by atoms with Gasteiger partial charge in [-0.25, -0.2) is 0 Å². The third-order valence-electron chi connectivity index (χ3n) is 3.28. The maximum Gasteiger partial charge on any atom is 0.433 e. The highest BCUT2D eigenvalue weighted by atomic mass is 16.6. The SMILES string of the molecule is O=C(O)CCN1CCN(C(=O)c2ccc([N+](=O)[O-])o2)CC1. The van der Waals surface area contributed by atoms with Crippen molar-refractivity contribution in [1.82, 2.24) is 9.80 Å². The third-order valence-corrected chi connectivity index (χ3v) is 3.28. The van der Waals surface area contributed by atoms with E-state index in [1.165, 1.54) is 6.07 Å². The Morgan fingerprint density at radius 1 is 1.29 bits per heavy atom. The summed E-state index contributed by atoms with van der Waals surface area (Å²) in [6.07, 6.45) is 0.0678. The quantitative estimate of drug-likeness (QED) is 0.618. The summed E-state index contributed by atoms with van der Waals surface area (Å²) in [6, 6.07) is 2.44. The van der Waals surface area contributed by atoms with Crippen LogP contribution in [0.2, 0.25) is 0 Å². The van der Waals surface area contributed by atoms with Crippen LogP contribution in [0.15, 0.2) is 16.5 Å². The smallest absolute Gasteiger partial charge is 0.433 e. The fraction of sp³-hybridized carbons (Fsp3) is 0.500. The maximum absolute atomic E-state index is 12.1. The molecule has 1 aromatic rings. The number of nitro groups is 1. The number of nitrogens with zero attached hydrogens (tertiary/aromatic N) is 3. The third kappa shape index (κ3) is 3.78. The van der Waals surface area contributed by atoms with E-state index in [9.17, 15) is 19.7 Å². The van der Waals surface area contributed by atoms with Crippen LogP contribution in [-0.4, -0.2) is 64.4 Å². The lowest BCUT2D eigenvalue weighted by atomic mass is 10.2. The molecule has 21 heavy (non-hydrogen) atoms. The fourth-order valence-electron chi connectivity index (χ4n) is 2.12. The Morgan fingerprint density at radius 2 is 1.95 bits per heavy atom. The molecule has 0 saturated carbocycles. The van der Waals surface area contributed by atoms with E-state index in [2.05, 4.69) is 0 Å². The molecule has 1 aliphatic rings. The first kappa shape index (κ1) is 15.0. The summed E-state index contributed by atoms with van der Waals surface area (Å²) in [5.41, 5.74) is 0. The van der Waals surface area contributed by atoms with Gasteiger partial charge in [0, 0.05) is 32.7 Å². The number of amides is 1. The number of rotatable bonds is 5. The predicted octanol–water partition coefficient (Wildman–Crippen LogP) is 0.420. The number of hydrogen-bond donors (Lipinski definition) is 1. The summed E-state index contributed by atoms with van der Waals surface area (Å²) >= 11 is 0. The van der Waals surface area contributed by atoms with Crippen molar-refractivity contribution in [3.05, 3.63) is 28.0 Å². The monoisotopic (exact) mass is 297 g/mol. The van der Waals surface area contributed by atoms with Crippen LogP contribution in [0.1, 0.15) is 17.0 Å². The average Bonchev–Trinajstić information content (AvgIpc) is 2.95.